The monoisotopic (exact) mass is 347 g/mol. The summed E-state index contributed by atoms with van der Waals surface area (Å²) >= 11 is 0. The van der Waals surface area contributed by atoms with Crippen LogP contribution in [0.3, 0.4) is 0 Å². The third kappa shape index (κ3) is 4.55. The molecule has 0 aromatic heterocycles. The van der Waals surface area contributed by atoms with Gasteiger partial charge in [0.25, 0.3) is 0 Å². The number of ether oxygens (including phenoxy) is 1. The van der Waals surface area contributed by atoms with Crippen molar-refractivity contribution in [3.05, 3.63) is 29.8 Å². The van der Waals surface area contributed by atoms with E-state index in [4.69, 9.17) is 4.74 Å². The molecule has 2 aliphatic rings. The lowest BCUT2D eigenvalue weighted by Crippen LogP contribution is -2.47. The molecule has 25 heavy (non-hydrogen) atoms. The molecule has 3 rings (SSSR count). The highest BCUT2D eigenvalue weighted by Gasteiger charge is 2.24. The number of nitrogens with one attached hydrogen (secondary N) is 1. The molecule has 0 spiro atoms. The number of aryl methyl sites for hydroxylation is 1. The second kappa shape index (κ2) is 8.09. The highest BCUT2D eigenvalue weighted by molar-refractivity contribution is 5.74. The van der Waals surface area contributed by atoms with Gasteiger partial charge in [-0.05, 0) is 37.3 Å². The zero-order valence-corrected chi connectivity index (χ0v) is 14.3. The lowest BCUT2D eigenvalue weighted by Gasteiger charge is -2.31. The number of fused-ring (bicyclic) bond motifs is 1. The molecule has 7 heteroatoms. The van der Waals surface area contributed by atoms with Crippen LogP contribution in [0.5, 0.6) is 5.75 Å². The van der Waals surface area contributed by atoms with Crippen molar-refractivity contribution in [3.63, 3.8) is 0 Å². The Morgan fingerprint density at radius 2 is 2.24 bits per heavy atom. The van der Waals surface area contributed by atoms with E-state index < -0.39 is 6.09 Å². The Balaban J connectivity index is 1.48. The van der Waals surface area contributed by atoms with Crippen LogP contribution in [0.15, 0.2) is 24.3 Å². The Labute approximate surface area is 147 Å². The van der Waals surface area contributed by atoms with Crippen molar-refractivity contribution in [2.45, 2.75) is 31.8 Å². The summed E-state index contributed by atoms with van der Waals surface area (Å²) in [6.07, 6.45) is 2.22. The summed E-state index contributed by atoms with van der Waals surface area (Å²) in [5.41, 5.74) is 1.18. The molecule has 2 N–H and O–H groups in total. The summed E-state index contributed by atoms with van der Waals surface area (Å²) in [5, 5.41) is 12.3. The van der Waals surface area contributed by atoms with Crippen molar-refractivity contribution in [2.75, 3.05) is 32.7 Å². The second-order valence-corrected chi connectivity index (χ2v) is 6.54. The van der Waals surface area contributed by atoms with Gasteiger partial charge in [-0.15, -0.1) is 0 Å². The van der Waals surface area contributed by atoms with Crippen LogP contribution in [0.4, 0.5) is 9.59 Å². The first-order chi connectivity index (χ1) is 12.1. The molecule has 1 aromatic carbocycles. The minimum Gasteiger partial charge on any atom is -0.488 e. The molecule has 7 nitrogen and oxygen atoms in total. The van der Waals surface area contributed by atoms with Gasteiger partial charge in [-0.1, -0.05) is 18.2 Å². The standard InChI is InChI=1S/C18H25N3O4/c22-17-19-9-3-10-20(17)11-4-12-21(18(23)24)13-15-8-7-14-5-1-2-6-16(14)25-15/h1-2,5-6,15H,3-4,7-13H2,(H,19,22)(H,23,24)/t15-/m1/s1. The zero-order chi connectivity index (χ0) is 17.6. The first kappa shape index (κ1) is 17.4. The number of para-hydroxylation sites is 1. The summed E-state index contributed by atoms with van der Waals surface area (Å²) in [7, 11) is 0. The molecule has 3 amide bonds. The quantitative estimate of drug-likeness (QED) is 0.826. The van der Waals surface area contributed by atoms with E-state index in [2.05, 4.69) is 5.32 Å². The van der Waals surface area contributed by atoms with Crippen LogP contribution in [0, 0.1) is 0 Å². The molecule has 0 radical (unpaired) electrons. The number of nitrogens with zero attached hydrogens (tertiary/aromatic N) is 2. The maximum Gasteiger partial charge on any atom is 0.407 e. The molecule has 1 saturated heterocycles. The largest absolute Gasteiger partial charge is 0.488 e. The van der Waals surface area contributed by atoms with E-state index in [0.29, 0.717) is 26.1 Å². The smallest absolute Gasteiger partial charge is 0.407 e. The summed E-state index contributed by atoms with van der Waals surface area (Å²) in [6, 6.07) is 7.84. The SMILES string of the molecule is O=C(O)N(CCCN1CCCNC1=O)C[C@H]1CCc2ccccc2O1. The van der Waals surface area contributed by atoms with Gasteiger partial charge in [0.1, 0.15) is 11.9 Å². The summed E-state index contributed by atoms with van der Waals surface area (Å²) in [4.78, 5) is 26.4. The number of amides is 3. The van der Waals surface area contributed by atoms with Crippen LogP contribution in [-0.4, -0.2) is 65.9 Å². The lowest BCUT2D eigenvalue weighted by atomic mass is 10.0. The van der Waals surface area contributed by atoms with Gasteiger partial charge in [-0.2, -0.15) is 0 Å². The molecule has 0 saturated carbocycles. The molecule has 2 aliphatic heterocycles. The zero-order valence-electron chi connectivity index (χ0n) is 14.3. The number of hydrogen-bond donors (Lipinski definition) is 2. The van der Waals surface area contributed by atoms with E-state index in [1.165, 1.54) is 10.5 Å². The van der Waals surface area contributed by atoms with Gasteiger partial charge >= 0.3 is 12.1 Å². The number of carboxylic acid groups (broad SMARTS) is 1. The molecular formula is C18H25N3O4. The van der Waals surface area contributed by atoms with Crippen LogP contribution in [0.25, 0.3) is 0 Å². The van der Waals surface area contributed by atoms with Gasteiger partial charge < -0.3 is 25.0 Å². The molecule has 136 valence electrons. The van der Waals surface area contributed by atoms with Crippen molar-refractivity contribution in [3.8, 4) is 5.75 Å². The highest BCUT2D eigenvalue weighted by Crippen LogP contribution is 2.27. The average Bonchev–Trinajstić information content (AvgIpc) is 2.62. The van der Waals surface area contributed by atoms with Crippen molar-refractivity contribution in [1.82, 2.24) is 15.1 Å². The van der Waals surface area contributed by atoms with Gasteiger partial charge in [-0.25, -0.2) is 9.59 Å². The van der Waals surface area contributed by atoms with Gasteiger partial charge in [0, 0.05) is 26.2 Å². The molecule has 1 fully saturated rings. The Hall–Kier alpha value is -2.44. The minimum atomic E-state index is -0.939. The summed E-state index contributed by atoms with van der Waals surface area (Å²) in [6.45, 7) is 2.79. The van der Waals surface area contributed by atoms with Gasteiger partial charge in [0.05, 0.1) is 6.54 Å². The second-order valence-electron chi connectivity index (χ2n) is 6.54. The van der Waals surface area contributed by atoms with E-state index in [1.54, 1.807) is 4.90 Å². The fraction of sp³-hybridized carbons (Fsp3) is 0.556. The number of carbonyl (C=O) groups is 2. The fourth-order valence-corrected chi connectivity index (χ4v) is 3.36. The molecule has 2 heterocycles. The van der Waals surface area contributed by atoms with Crippen LogP contribution < -0.4 is 10.1 Å². The maximum absolute atomic E-state index is 11.7. The van der Waals surface area contributed by atoms with E-state index in [-0.39, 0.29) is 12.1 Å². The van der Waals surface area contributed by atoms with Crippen molar-refractivity contribution >= 4 is 12.1 Å². The van der Waals surface area contributed by atoms with Gasteiger partial charge in [0.2, 0.25) is 0 Å². The fourth-order valence-electron chi connectivity index (χ4n) is 3.36. The Bertz CT molecular complexity index is 622. The van der Waals surface area contributed by atoms with Crippen molar-refractivity contribution < 1.29 is 19.4 Å². The molecular weight excluding hydrogens is 322 g/mol. The minimum absolute atomic E-state index is 0.0552. The molecule has 1 aromatic rings. The third-order valence-corrected chi connectivity index (χ3v) is 4.72. The van der Waals surface area contributed by atoms with E-state index in [9.17, 15) is 14.7 Å². The number of benzene rings is 1. The first-order valence-electron chi connectivity index (χ1n) is 8.88. The van der Waals surface area contributed by atoms with Gasteiger partial charge in [-0.3, -0.25) is 0 Å². The van der Waals surface area contributed by atoms with Crippen LogP contribution in [-0.2, 0) is 6.42 Å². The highest BCUT2D eigenvalue weighted by atomic mass is 16.5. The predicted octanol–water partition coefficient (Wildman–Crippen LogP) is 2.17. The number of rotatable bonds is 6. The number of urea groups is 1. The Kier molecular flexibility index (Phi) is 5.63. The molecule has 1 atom stereocenters. The Morgan fingerprint density at radius 1 is 1.40 bits per heavy atom. The first-order valence-corrected chi connectivity index (χ1v) is 8.88. The summed E-state index contributed by atoms with van der Waals surface area (Å²) < 4.78 is 5.95. The molecule has 0 aliphatic carbocycles. The van der Waals surface area contributed by atoms with Crippen molar-refractivity contribution in [2.24, 2.45) is 0 Å². The number of carbonyl (C=O) groups excluding carboxylic acids is 1. The number of hydrogen-bond acceptors (Lipinski definition) is 3. The van der Waals surface area contributed by atoms with E-state index in [0.717, 1.165) is 38.1 Å². The van der Waals surface area contributed by atoms with Crippen LogP contribution in [0.2, 0.25) is 0 Å². The predicted molar refractivity (Wildman–Crippen MR) is 93.0 cm³/mol. The topological polar surface area (TPSA) is 82.1 Å². The molecule has 0 unspecified atom stereocenters. The van der Waals surface area contributed by atoms with Gasteiger partial charge in [0.15, 0.2) is 0 Å². The van der Waals surface area contributed by atoms with Crippen molar-refractivity contribution in [1.29, 1.82) is 0 Å². The lowest BCUT2D eigenvalue weighted by molar-refractivity contribution is 0.0959. The van der Waals surface area contributed by atoms with E-state index >= 15 is 0 Å². The third-order valence-electron chi connectivity index (χ3n) is 4.72. The van der Waals surface area contributed by atoms with Crippen LogP contribution >= 0.6 is 0 Å². The van der Waals surface area contributed by atoms with E-state index in [1.807, 2.05) is 24.3 Å². The summed E-state index contributed by atoms with van der Waals surface area (Å²) in [5.74, 6) is 0.856. The maximum atomic E-state index is 11.7. The van der Waals surface area contributed by atoms with Crippen LogP contribution in [0.1, 0.15) is 24.8 Å². The molecule has 0 bridgehead atoms. The normalized spacial score (nSPS) is 19.6. The average molecular weight is 347 g/mol. The Morgan fingerprint density at radius 3 is 3.04 bits per heavy atom.